The summed E-state index contributed by atoms with van der Waals surface area (Å²) in [5, 5.41) is 9.94. The molecule has 0 bridgehead atoms. The van der Waals surface area contributed by atoms with E-state index in [1.807, 2.05) is 21.0 Å². The van der Waals surface area contributed by atoms with Crippen molar-refractivity contribution < 1.29 is 22.7 Å². The molecule has 40 heavy (non-hydrogen) atoms. The lowest BCUT2D eigenvalue weighted by molar-refractivity contribution is 0.0256. The molecule has 1 aromatic carbocycles. The first-order chi connectivity index (χ1) is 19.2. The van der Waals surface area contributed by atoms with Crippen LogP contribution in [0.4, 0.5) is 18.0 Å². The summed E-state index contributed by atoms with van der Waals surface area (Å²) in [6.07, 6.45) is 2.52. The molecule has 5 heterocycles. The Morgan fingerprint density at radius 1 is 1.07 bits per heavy atom. The molecule has 1 unspecified atom stereocenters. The number of aryl methyl sites for hydroxylation is 1. The van der Waals surface area contributed by atoms with E-state index in [0.29, 0.717) is 29.9 Å². The Labute approximate surface area is 228 Å². The highest BCUT2D eigenvalue weighted by atomic mass is 19.1. The molecule has 0 aliphatic carbocycles. The van der Waals surface area contributed by atoms with Crippen LogP contribution in [-0.2, 0) is 7.05 Å². The van der Waals surface area contributed by atoms with Gasteiger partial charge in [0, 0.05) is 51.0 Å². The first-order valence-electron chi connectivity index (χ1n) is 12.9. The van der Waals surface area contributed by atoms with Crippen LogP contribution in [-0.4, -0.2) is 87.0 Å². The fraction of sp³-hybridized carbons (Fsp3) is 0.370. The third-order valence-electron chi connectivity index (χ3n) is 7.32. The van der Waals surface area contributed by atoms with Gasteiger partial charge in [0.25, 0.3) is 0 Å². The lowest BCUT2D eigenvalue weighted by Crippen LogP contribution is -2.58. The number of carbonyl (C=O) groups is 1. The lowest BCUT2D eigenvalue weighted by atomic mass is 10.0. The third-order valence-corrected chi connectivity index (χ3v) is 7.32. The standard InChI is InChI=1S/C27H27F3N8O2/c1-15-24(34-36(3)25(15)26-31-6-7-35(26)2)21-11-23(20(30)12-32-21)40-19-13-37(14-19)27(39)38-22(4-5-33-38)16-8-17(28)10-18(29)9-16/h5,8-12,19,22H,4,6-7,13-14H2,1-3H3. The maximum absolute atomic E-state index is 14.7. The predicted molar refractivity (Wildman–Crippen MR) is 141 cm³/mol. The van der Waals surface area contributed by atoms with Crippen LogP contribution in [0.15, 0.2) is 40.6 Å². The van der Waals surface area contributed by atoms with Crippen LogP contribution in [0.3, 0.4) is 0 Å². The minimum atomic E-state index is -0.720. The fourth-order valence-corrected chi connectivity index (χ4v) is 5.25. The number of urea groups is 1. The molecule has 0 saturated carbocycles. The maximum atomic E-state index is 14.7. The molecule has 1 atom stereocenters. The van der Waals surface area contributed by atoms with Gasteiger partial charge in [-0.3, -0.25) is 14.7 Å². The monoisotopic (exact) mass is 552 g/mol. The number of ether oxygens (including phenoxy) is 1. The van der Waals surface area contributed by atoms with E-state index in [1.54, 1.807) is 4.68 Å². The first kappa shape index (κ1) is 25.8. The Morgan fingerprint density at radius 2 is 1.82 bits per heavy atom. The SMILES string of the molecule is Cc1c(-c2cc(OC3CN(C(=O)N4N=CCC4c4cc(F)cc(F)c4)C3)c(F)cn2)nn(C)c1C1=NCCN1C. The normalized spacial score (nSPS) is 18.9. The summed E-state index contributed by atoms with van der Waals surface area (Å²) in [5.41, 5.74) is 3.13. The number of amides is 2. The summed E-state index contributed by atoms with van der Waals surface area (Å²) >= 11 is 0. The Hall–Kier alpha value is -4.42. The fourth-order valence-electron chi connectivity index (χ4n) is 5.25. The number of aliphatic imine (C=N–C) groups is 1. The van der Waals surface area contributed by atoms with Gasteiger partial charge in [-0.25, -0.2) is 23.0 Å². The van der Waals surface area contributed by atoms with Gasteiger partial charge in [-0.15, -0.1) is 0 Å². The number of hydrazone groups is 1. The van der Waals surface area contributed by atoms with Crippen molar-refractivity contribution in [2.24, 2.45) is 17.1 Å². The minimum Gasteiger partial charge on any atom is -0.483 e. The van der Waals surface area contributed by atoms with Crippen molar-refractivity contribution in [3.05, 3.63) is 64.7 Å². The summed E-state index contributed by atoms with van der Waals surface area (Å²) in [4.78, 5) is 25.5. The number of amidine groups is 1. The van der Waals surface area contributed by atoms with Gasteiger partial charge in [0.2, 0.25) is 0 Å². The summed E-state index contributed by atoms with van der Waals surface area (Å²) in [5.74, 6) is -1.20. The zero-order valence-electron chi connectivity index (χ0n) is 22.2. The van der Waals surface area contributed by atoms with Crippen LogP contribution >= 0.6 is 0 Å². The van der Waals surface area contributed by atoms with Gasteiger partial charge in [0.1, 0.15) is 35.0 Å². The number of likely N-dealkylation sites (tertiary alicyclic amines) is 1. The second-order valence-electron chi connectivity index (χ2n) is 10.1. The first-order valence-corrected chi connectivity index (χ1v) is 12.9. The minimum absolute atomic E-state index is 0.0105. The molecule has 1 fully saturated rings. The number of nitrogens with zero attached hydrogens (tertiary/aromatic N) is 8. The van der Waals surface area contributed by atoms with Gasteiger partial charge in [-0.1, -0.05) is 0 Å². The molecule has 0 radical (unpaired) electrons. The van der Waals surface area contributed by atoms with E-state index in [4.69, 9.17) is 4.74 Å². The molecular weight excluding hydrogens is 525 g/mol. The second-order valence-corrected chi connectivity index (χ2v) is 10.1. The molecule has 208 valence electrons. The highest BCUT2D eigenvalue weighted by Gasteiger charge is 2.39. The largest absolute Gasteiger partial charge is 0.483 e. The molecule has 2 aromatic heterocycles. The number of likely N-dealkylation sites (N-methyl/N-ethyl adjacent to an activating group) is 1. The molecule has 1 saturated heterocycles. The zero-order valence-corrected chi connectivity index (χ0v) is 22.2. The van der Waals surface area contributed by atoms with E-state index in [9.17, 15) is 18.0 Å². The number of rotatable bonds is 5. The molecule has 13 heteroatoms. The van der Waals surface area contributed by atoms with Crippen LogP contribution in [0.25, 0.3) is 11.4 Å². The van der Waals surface area contributed by atoms with Gasteiger partial charge >= 0.3 is 6.03 Å². The van der Waals surface area contributed by atoms with Crippen molar-refractivity contribution in [2.45, 2.75) is 25.5 Å². The maximum Gasteiger partial charge on any atom is 0.341 e. The van der Waals surface area contributed by atoms with Crippen molar-refractivity contribution >= 4 is 18.1 Å². The van der Waals surface area contributed by atoms with E-state index in [1.165, 1.54) is 34.3 Å². The number of aromatic nitrogens is 3. The zero-order chi connectivity index (χ0) is 28.1. The molecule has 3 aromatic rings. The molecular formula is C27H27F3N8O2. The number of halogens is 3. The predicted octanol–water partition coefficient (Wildman–Crippen LogP) is 3.52. The van der Waals surface area contributed by atoms with Crippen LogP contribution in [0, 0.1) is 24.4 Å². The Balaban J connectivity index is 1.14. The van der Waals surface area contributed by atoms with Gasteiger partial charge < -0.3 is 14.5 Å². The molecule has 3 aliphatic rings. The van der Waals surface area contributed by atoms with Gasteiger partial charge in [-0.05, 0) is 24.6 Å². The molecule has 6 rings (SSSR count). The van der Waals surface area contributed by atoms with Crippen molar-refractivity contribution in [3.8, 4) is 17.1 Å². The molecule has 10 nitrogen and oxygen atoms in total. The average molecular weight is 553 g/mol. The van der Waals surface area contributed by atoms with Crippen LogP contribution in [0.1, 0.15) is 29.3 Å². The Bertz CT molecular complexity index is 1530. The molecule has 2 amide bonds. The average Bonchev–Trinajstić information content (AvgIpc) is 3.60. The van der Waals surface area contributed by atoms with Gasteiger partial charge in [0.15, 0.2) is 11.6 Å². The number of benzene rings is 1. The molecule has 0 spiro atoms. The quantitative estimate of drug-likeness (QED) is 0.483. The smallest absolute Gasteiger partial charge is 0.341 e. The number of pyridine rings is 1. The number of carbonyl (C=O) groups excluding carboxylic acids is 1. The van der Waals surface area contributed by atoms with E-state index < -0.39 is 35.6 Å². The van der Waals surface area contributed by atoms with Crippen molar-refractivity contribution in [1.82, 2.24) is 29.6 Å². The number of hydrogen-bond acceptors (Lipinski definition) is 7. The van der Waals surface area contributed by atoms with Gasteiger partial charge in [0.05, 0.1) is 37.6 Å². The van der Waals surface area contributed by atoms with Crippen LogP contribution < -0.4 is 4.74 Å². The van der Waals surface area contributed by atoms with E-state index in [0.717, 1.165) is 35.9 Å². The van der Waals surface area contributed by atoms with E-state index >= 15 is 0 Å². The van der Waals surface area contributed by atoms with Gasteiger partial charge in [-0.2, -0.15) is 10.2 Å². The summed E-state index contributed by atoms with van der Waals surface area (Å²) in [6.45, 7) is 3.88. The van der Waals surface area contributed by atoms with E-state index in [-0.39, 0.29) is 18.8 Å². The van der Waals surface area contributed by atoms with Crippen molar-refractivity contribution in [3.63, 3.8) is 0 Å². The highest BCUT2D eigenvalue weighted by molar-refractivity contribution is 6.00. The van der Waals surface area contributed by atoms with Crippen LogP contribution in [0.5, 0.6) is 5.75 Å². The summed E-state index contributed by atoms with van der Waals surface area (Å²) in [6, 6.07) is 3.65. The molecule has 3 aliphatic heterocycles. The van der Waals surface area contributed by atoms with Crippen molar-refractivity contribution in [1.29, 1.82) is 0 Å². The van der Waals surface area contributed by atoms with Crippen LogP contribution in [0.2, 0.25) is 0 Å². The number of hydrogen-bond donors (Lipinski definition) is 0. The lowest BCUT2D eigenvalue weighted by Gasteiger charge is -2.41. The summed E-state index contributed by atoms with van der Waals surface area (Å²) in [7, 11) is 3.81. The molecule has 0 N–H and O–H groups in total. The highest BCUT2D eigenvalue weighted by Crippen LogP contribution is 2.33. The Morgan fingerprint density at radius 3 is 2.52 bits per heavy atom. The van der Waals surface area contributed by atoms with E-state index in [2.05, 4.69) is 25.1 Å². The second kappa shape index (κ2) is 9.96. The Kier molecular flexibility index (Phi) is 6.43. The summed E-state index contributed by atoms with van der Waals surface area (Å²) < 4.78 is 49.8. The third kappa shape index (κ3) is 4.54. The topological polar surface area (TPSA) is 91.4 Å². The van der Waals surface area contributed by atoms with Crippen molar-refractivity contribution in [2.75, 3.05) is 33.2 Å².